The van der Waals surface area contributed by atoms with Gasteiger partial charge in [0.05, 0.1) is 6.04 Å². The maximum Gasteiger partial charge on any atom is 0.237 e. The van der Waals surface area contributed by atoms with Crippen LogP contribution in [-0.4, -0.2) is 43.0 Å². The molecule has 4 aliphatic rings. The number of halogens is 1. The molecule has 1 saturated heterocycles. The topological polar surface area (TPSA) is 44.4 Å². The number of nitrogens with zero attached hydrogens (tertiary/aromatic N) is 1. The number of amides is 1. The smallest absolute Gasteiger partial charge is 0.237 e. The Bertz CT molecular complexity index is 758. The fourth-order valence-electron chi connectivity index (χ4n) is 5.43. The van der Waals surface area contributed by atoms with Crippen LogP contribution in [0, 0.1) is 17.3 Å². The molecule has 2 N–H and O–H groups in total. The third-order valence-corrected chi connectivity index (χ3v) is 7.68. The molecule has 2 fully saturated rings. The monoisotopic (exact) mass is 401 g/mol. The van der Waals surface area contributed by atoms with Gasteiger partial charge < -0.3 is 10.6 Å². The highest BCUT2D eigenvalue weighted by molar-refractivity contribution is 6.30. The second kappa shape index (κ2) is 7.81. The number of allylic oxidation sites excluding steroid dienone is 1. The summed E-state index contributed by atoms with van der Waals surface area (Å²) in [6.45, 7) is 7.46. The molecule has 1 aliphatic heterocycles. The SMILES string of the molecule is CNC(=O)[C@@H]1C[C@H](NCC2=CC[C@H]3C[C@@H]2C3(C)C)CN1Cc1ccc(Cl)cc1. The zero-order chi connectivity index (χ0) is 19.9. The molecule has 0 radical (unpaired) electrons. The normalized spacial score (nSPS) is 31.2. The number of nitrogens with one attached hydrogen (secondary N) is 2. The third-order valence-electron chi connectivity index (χ3n) is 7.43. The molecule has 0 spiro atoms. The van der Waals surface area contributed by atoms with Gasteiger partial charge in [-0.1, -0.05) is 49.2 Å². The predicted molar refractivity (Wildman–Crippen MR) is 114 cm³/mol. The molecule has 1 saturated carbocycles. The molecule has 28 heavy (non-hydrogen) atoms. The summed E-state index contributed by atoms with van der Waals surface area (Å²) in [7, 11) is 1.73. The van der Waals surface area contributed by atoms with E-state index in [1.165, 1.54) is 18.4 Å². The number of fused-ring (bicyclic) bond motifs is 1. The van der Waals surface area contributed by atoms with E-state index in [0.717, 1.165) is 42.9 Å². The first kappa shape index (κ1) is 19.9. The van der Waals surface area contributed by atoms with Crippen LogP contribution >= 0.6 is 11.6 Å². The second-order valence-electron chi connectivity index (χ2n) is 9.32. The second-order valence-corrected chi connectivity index (χ2v) is 9.76. The first-order valence-electron chi connectivity index (χ1n) is 10.5. The molecule has 152 valence electrons. The van der Waals surface area contributed by atoms with Gasteiger partial charge in [0.25, 0.3) is 0 Å². The number of likely N-dealkylation sites (N-methyl/N-ethyl adjacent to an activating group) is 1. The number of hydrogen-bond acceptors (Lipinski definition) is 3. The van der Waals surface area contributed by atoms with Crippen LogP contribution in [0.2, 0.25) is 5.02 Å². The summed E-state index contributed by atoms with van der Waals surface area (Å²) in [4.78, 5) is 14.7. The van der Waals surface area contributed by atoms with Crippen molar-refractivity contribution in [3.05, 3.63) is 46.5 Å². The molecule has 1 amide bonds. The Morgan fingerprint density at radius 1 is 1.25 bits per heavy atom. The Kier molecular flexibility index (Phi) is 5.56. The van der Waals surface area contributed by atoms with Crippen LogP contribution < -0.4 is 10.6 Å². The number of carbonyl (C=O) groups is 1. The minimum absolute atomic E-state index is 0.0805. The molecule has 1 aromatic carbocycles. The maximum atomic E-state index is 12.5. The van der Waals surface area contributed by atoms with Gasteiger partial charge in [0, 0.05) is 37.7 Å². The lowest BCUT2D eigenvalue weighted by atomic mass is 9.49. The van der Waals surface area contributed by atoms with Gasteiger partial charge in [0.15, 0.2) is 0 Å². The molecule has 1 aromatic rings. The van der Waals surface area contributed by atoms with Gasteiger partial charge in [-0.05, 0) is 54.2 Å². The molecule has 5 rings (SSSR count). The summed E-state index contributed by atoms with van der Waals surface area (Å²) in [6.07, 6.45) is 5.91. The van der Waals surface area contributed by atoms with E-state index in [4.69, 9.17) is 11.6 Å². The predicted octanol–water partition coefficient (Wildman–Crippen LogP) is 3.61. The maximum absolute atomic E-state index is 12.5. The molecule has 5 heteroatoms. The molecule has 2 bridgehead atoms. The zero-order valence-electron chi connectivity index (χ0n) is 17.2. The average molecular weight is 402 g/mol. The lowest BCUT2D eigenvalue weighted by molar-refractivity contribution is -0.125. The van der Waals surface area contributed by atoms with Crippen LogP contribution in [0.15, 0.2) is 35.9 Å². The summed E-state index contributed by atoms with van der Waals surface area (Å²) in [5.41, 5.74) is 3.24. The van der Waals surface area contributed by atoms with Gasteiger partial charge in [-0.3, -0.25) is 9.69 Å². The average Bonchev–Trinajstić information content (AvgIpc) is 3.10. The van der Waals surface area contributed by atoms with Gasteiger partial charge in [0.1, 0.15) is 0 Å². The number of likely N-dealkylation sites (tertiary alicyclic amines) is 1. The summed E-state index contributed by atoms with van der Waals surface area (Å²) >= 11 is 6.01. The molecule has 4 atom stereocenters. The molecule has 0 unspecified atom stereocenters. The summed E-state index contributed by atoms with van der Waals surface area (Å²) in [5.74, 6) is 1.72. The Labute approximate surface area is 173 Å². The van der Waals surface area contributed by atoms with Crippen LogP contribution in [0.1, 0.15) is 38.7 Å². The first-order chi connectivity index (χ1) is 13.4. The molecular formula is C23H32ClN3O. The van der Waals surface area contributed by atoms with Gasteiger partial charge in [-0.2, -0.15) is 0 Å². The van der Waals surface area contributed by atoms with E-state index < -0.39 is 0 Å². The van der Waals surface area contributed by atoms with Crippen LogP contribution in [0.25, 0.3) is 0 Å². The fraction of sp³-hybridized carbons (Fsp3) is 0.609. The minimum Gasteiger partial charge on any atom is -0.358 e. The molecule has 3 aliphatic carbocycles. The van der Waals surface area contributed by atoms with E-state index in [0.29, 0.717) is 11.5 Å². The van der Waals surface area contributed by atoms with Crippen molar-refractivity contribution >= 4 is 17.5 Å². The van der Waals surface area contributed by atoms with Crippen molar-refractivity contribution in [2.45, 2.75) is 51.7 Å². The van der Waals surface area contributed by atoms with E-state index in [1.54, 1.807) is 12.6 Å². The quantitative estimate of drug-likeness (QED) is 0.715. The summed E-state index contributed by atoms with van der Waals surface area (Å²) in [5, 5.41) is 7.35. The van der Waals surface area contributed by atoms with Crippen molar-refractivity contribution in [1.29, 1.82) is 0 Å². The number of benzene rings is 1. The molecular weight excluding hydrogens is 370 g/mol. The number of carbonyl (C=O) groups excluding carboxylic acids is 1. The minimum atomic E-state index is -0.0805. The van der Waals surface area contributed by atoms with E-state index in [2.05, 4.69) is 35.5 Å². The van der Waals surface area contributed by atoms with Crippen molar-refractivity contribution in [1.82, 2.24) is 15.5 Å². The van der Waals surface area contributed by atoms with E-state index in [9.17, 15) is 4.79 Å². The number of hydrogen-bond donors (Lipinski definition) is 2. The molecule has 0 aromatic heterocycles. The van der Waals surface area contributed by atoms with Gasteiger partial charge in [-0.15, -0.1) is 0 Å². The Balaban J connectivity index is 1.38. The first-order valence-corrected chi connectivity index (χ1v) is 10.9. The molecule has 1 heterocycles. The number of rotatable bonds is 6. The standard InChI is InChI=1S/C23H32ClN3O/c1-23(2)17-7-6-16(20(23)10-17)12-26-19-11-21(22(28)25-3)27(14-19)13-15-4-8-18(24)9-5-15/h4-6,8-9,17,19-21,26H,7,10-14H2,1-3H3,(H,25,28)/t17-,19-,20-,21-/m0/s1. The summed E-state index contributed by atoms with van der Waals surface area (Å²) < 4.78 is 0. The van der Waals surface area contributed by atoms with Gasteiger partial charge >= 0.3 is 0 Å². The Morgan fingerprint density at radius 3 is 2.64 bits per heavy atom. The van der Waals surface area contributed by atoms with Gasteiger partial charge in [-0.25, -0.2) is 0 Å². The van der Waals surface area contributed by atoms with Crippen LogP contribution in [0.3, 0.4) is 0 Å². The van der Waals surface area contributed by atoms with E-state index in [1.807, 2.05) is 24.3 Å². The van der Waals surface area contributed by atoms with E-state index in [-0.39, 0.29) is 11.9 Å². The van der Waals surface area contributed by atoms with Gasteiger partial charge in [0.2, 0.25) is 5.91 Å². The van der Waals surface area contributed by atoms with E-state index >= 15 is 0 Å². The Hall–Kier alpha value is -1.36. The molecule has 4 nitrogen and oxygen atoms in total. The highest BCUT2D eigenvalue weighted by Gasteiger charge is 2.51. The summed E-state index contributed by atoms with van der Waals surface area (Å²) in [6, 6.07) is 8.19. The lowest BCUT2D eigenvalue weighted by Crippen LogP contribution is -2.50. The third kappa shape index (κ3) is 3.74. The van der Waals surface area contributed by atoms with Crippen molar-refractivity contribution in [3.8, 4) is 0 Å². The van der Waals surface area contributed by atoms with Crippen molar-refractivity contribution in [2.24, 2.45) is 17.3 Å². The fourth-order valence-corrected chi connectivity index (χ4v) is 5.55. The highest BCUT2D eigenvalue weighted by atomic mass is 35.5. The largest absolute Gasteiger partial charge is 0.358 e. The van der Waals surface area contributed by atoms with Crippen molar-refractivity contribution < 1.29 is 4.79 Å². The van der Waals surface area contributed by atoms with Crippen LogP contribution in [0.5, 0.6) is 0 Å². The Morgan fingerprint density at radius 2 is 2.00 bits per heavy atom. The lowest BCUT2D eigenvalue weighted by Gasteiger charge is -2.56. The highest BCUT2D eigenvalue weighted by Crippen LogP contribution is 2.59. The van der Waals surface area contributed by atoms with Crippen LogP contribution in [0.4, 0.5) is 0 Å². The van der Waals surface area contributed by atoms with Crippen LogP contribution in [-0.2, 0) is 11.3 Å². The van der Waals surface area contributed by atoms with Crippen molar-refractivity contribution in [2.75, 3.05) is 20.1 Å². The zero-order valence-corrected chi connectivity index (χ0v) is 17.9. The van der Waals surface area contributed by atoms with Crippen molar-refractivity contribution in [3.63, 3.8) is 0 Å².